The molecule has 0 saturated carbocycles. The third kappa shape index (κ3) is 4.07. The molecule has 2 aromatic carbocycles. The molecule has 5 nitrogen and oxygen atoms in total. The zero-order valence-corrected chi connectivity index (χ0v) is 18.2. The van der Waals surface area contributed by atoms with Crippen LogP contribution in [-0.4, -0.2) is 21.0 Å². The van der Waals surface area contributed by atoms with E-state index in [0.717, 1.165) is 48.5 Å². The van der Waals surface area contributed by atoms with Crippen LogP contribution in [0.3, 0.4) is 0 Å². The lowest BCUT2D eigenvalue weighted by molar-refractivity contribution is 0.0972. The molecule has 0 aliphatic heterocycles. The van der Waals surface area contributed by atoms with Crippen molar-refractivity contribution in [3.63, 3.8) is 0 Å². The molecule has 0 amide bonds. The number of ketones is 1. The molecule has 3 aromatic heterocycles. The topological polar surface area (TPSA) is 70.7 Å². The monoisotopic (exact) mass is 426 g/mol. The highest BCUT2D eigenvalue weighted by Crippen LogP contribution is 2.32. The number of Topliss-reactive ketones (excluding diaryl/α,β-unsaturated/α-hetero) is 1. The highest BCUT2D eigenvalue weighted by Gasteiger charge is 2.13. The molecule has 0 aliphatic rings. The normalized spacial score (nSPS) is 11.5. The van der Waals surface area contributed by atoms with E-state index in [1.165, 1.54) is 0 Å². The zero-order valence-electron chi connectivity index (χ0n) is 17.3. The van der Waals surface area contributed by atoms with Crippen LogP contribution >= 0.6 is 11.3 Å². The Balaban J connectivity index is 1.42. The van der Waals surface area contributed by atoms with Crippen LogP contribution in [0.4, 0.5) is 11.4 Å². The number of anilines is 2. The van der Waals surface area contributed by atoms with Gasteiger partial charge in [-0.1, -0.05) is 26.0 Å². The molecule has 2 N–H and O–H groups in total. The molecule has 0 bridgehead atoms. The van der Waals surface area contributed by atoms with Gasteiger partial charge in [0.1, 0.15) is 0 Å². The van der Waals surface area contributed by atoms with Crippen LogP contribution in [0.5, 0.6) is 0 Å². The van der Waals surface area contributed by atoms with Gasteiger partial charge in [-0.15, -0.1) is 11.3 Å². The Labute approximate surface area is 184 Å². The van der Waals surface area contributed by atoms with Gasteiger partial charge in [0.25, 0.3) is 0 Å². The third-order valence-corrected chi connectivity index (χ3v) is 6.31. The number of pyridine rings is 1. The Hall–Kier alpha value is -3.51. The summed E-state index contributed by atoms with van der Waals surface area (Å²) >= 11 is 1.56. The summed E-state index contributed by atoms with van der Waals surface area (Å²) < 4.78 is 1.11. The van der Waals surface area contributed by atoms with E-state index >= 15 is 0 Å². The number of fused-ring (bicyclic) bond motifs is 2. The Morgan fingerprint density at radius 3 is 2.77 bits per heavy atom. The van der Waals surface area contributed by atoms with Crippen LogP contribution < -0.4 is 5.32 Å². The second-order valence-corrected chi connectivity index (χ2v) is 9.19. The van der Waals surface area contributed by atoms with Crippen molar-refractivity contribution < 1.29 is 4.79 Å². The number of H-pyrrole nitrogens is 1. The minimum Gasteiger partial charge on any atom is -0.355 e. The van der Waals surface area contributed by atoms with E-state index in [-0.39, 0.29) is 5.78 Å². The number of hydrogen-bond donors (Lipinski definition) is 2. The number of nitrogens with one attached hydrogen (secondary N) is 2. The maximum atomic E-state index is 12.4. The van der Waals surface area contributed by atoms with Gasteiger partial charge in [-0.25, -0.2) is 0 Å². The van der Waals surface area contributed by atoms with Gasteiger partial charge in [-0.2, -0.15) is 5.10 Å². The predicted octanol–water partition coefficient (Wildman–Crippen LogP) is 6.81. The van der Waals surface area contributed by atoms with Crippen LogP contribution in [0.25, 0.3) is 32.2 Å². The average molecular weight is 427 g/mol. The van der Waals surface area contributed by atoms with Crippen LogP contribution in [0.1, 0.15) is 29.9 Å². The summed E-state index contributed by atoms with van der Waals surface area (Å²) in [7, 11) is 0. The maximum Gasteiger partial charge on any atom is 0.173 e. The number of rotatable bonds is 6. The van der Waals surface area contributed by atoms with Gasteiger partial charge >= 0.3 is 0 Å². The lowest BCUT2D eigenvalue weighted by Crippen LogP contribution is -2.00. The molecule has 5 aromatic rings. The number of thiophene rings is 1. The number of benzene rings is 2. The molecule has 0 unspecified atom stereocenters. The minimum absolute atomic E-state index is 0.219. The first-order chi connectivity index (χ1) is 15.0. The van der Waals surface area contributed by atoms with E-state index in [1.54, 1.807) is 11.3 Å². The zero-order chi connectivity index (χ0) is 21.4. The van der Waals surface area contributed by atoms with Crippen molar-refractivity contribution in [2.45, 2.75) is 20.3 Å². The summed E-state index contributed by atoms with van der Waals surface area (Å²) in [5, 5.41) is 12.6. The molecule has 0 fully saturated rings. The molecule has 0 aliphatic carbocycles. The van der Waals surface area contributed by atoms with E-state index in [2.05, 4.69) is 58.6 Å². The molecule has 3 heterocycles. The van der Waals surface area contributed by atoms with Crippen molar-refractivity contribution in [2.24, 2.45) is 5.92 Å². The number of carbonyl (C=O) groups excluding carboxylic acids is 1. The van der Waals surface area contributed by atoms with E-state index < -0.39 is 0 Å². The second kappa shape index (κ2) is 7.96. The number of hydrogen-bond acceptors (Lipinski definition) is 5. The first-order valence-corrected chi connectivity index (χ1v) is 11.1. The van der Waals surface area contributed by atoms with Crippen molar-refractivity contribution in [1.82, 2.24) is 15.2 Å². The molecule has 0 atom stereocenters. The summed E-state index contributed by atoms with van der Waals surface area (Å²) in [5.41, 5.74) is 4.89. The standard InChI is InChI=1S/C25H22N4OS/c1-15(2)9-23(30)25-12-17-4-3-16(11-24(17)31-25)22-13-20(7-8-26-22)28-19-5-6-21-18(10-19)14-27-29-21/h3-8,10-15H,9H2,1-2H3,(H,26,28)(H,27,29). The van der Waals surface area contributed by atoms with Crippen LogP contribution in [0, 0.1) is 5.92 Å². The van der Waals surface area contributed by atoms with E-state index in [9.17, 15) is 4.79 Å². The summed E-state index contributed by atoms with van der Waals surface area (Å²) in [6, 6.07) is 18.4. The van der Waals surface area contributed by atoms with Gasteiger partial charge in [-0.05, 0) is 53.8 Å². The molecule has 0 radical (unpaired) electrons. The van der Waals surface area contributed by atoms with Crippen LogP contribution in [-0.2, 0) is 0 Å². The number of nitrogens with zero attached hydrogens (tertiary/aromatic N) is 2. The Morgan fingerprint density at radius 2 is 1.90 bits per heavy atom. The number of carbonyl (C=O) groups is 1. The molecule has 0 saturated heterocycles. The fourth-order valence-corrected chi connectivity index (χ4v) is 4.70. The number of aromatic nitrogens is 3. The third-order valence-electron chi connectivity index (χ3n) is 5.17. The SMILES string of the molecule is CC(C)CC(=O)c1cc2ccc(-c3cc(Nc4ccc5[nH]ncc5c4)ccn3)cc2s1. The van der Waals surface area contributed by atoms with E-state index in [0.29, 0.717) is 12.3 Å². The van der Waals surface area contributed by atoms with Crippen LogP contribution in [0.2, 0.25) is 0 Å². The average Bonchev–Trinajstić information content (AvgIpc) is 3.39. The van der Waals surface area contributed by atoms with Crippen molar-refractivity contribution in [1.29, 1.82) is 0 Å². The maximum absolute atomic E-state index is 12.4. The van der Waals surface area contributed by atoms with Gasteiger partial charge < -0.3 is 5.32 Å². The van der Waals surface area contributed by atoms with Crippen LogP contribution in [0.15, 0.2) is 67.0 Å². The lowest BCUT2D eigenvalue weighted by atomic mass is 10.1. The first-order valence-electron chi connectivity index (χ1n) is 10.3. The molecule has 154 valence electrons. The van der Waals surface area contributed by atoms with Crippen molar-refractivity contribution >= 4 is 49.5 Å². The molecular weight excluding hydrogens is 404 g/mol. The minimum atomic E-state index is 0.219. The van der Waals surface area contributed by atoms with E-state index in [4.69, 9.17) is 0 Å². The number of aromatic amines is 1. The Kier molecular flexibility index (Phi) is 5.00. The fraction of sp³-hybridized carbons (Fsp3) is 0.160. The Morgan fingerprint density at radius 1 is 1.03 bits per heavy atom. The smallest absolute Gasteiger partial charge is 0.173 e. The first kappa shape index (κ1) is 19.5. The molecule has 31 heavy (non-hydrogen) atoms. The van der Waals surface area contributed by atoms with Gasteiger partial charge in [0.2, 0.25) is 0 Å². The highest BCUT2D eigenvalue weighted by molar-refractivity contribution is 7.20. The van der Waals surface area contributed by atoms with Gasteiger partial charge in [0.15, 0.2) is 5.78 Å². The lowest BCUT2D eigenvalue weighted by Gasteiger charge is -2.08. The molecular formula is C25H22N4OS. The van der Waals surface area contributed by atoms with Gasteiger partial charge in [-0.3, -0.25) is 14.9 Å². The second-order valence-electron chi connectivity index (χ2n) is 8.11. The summed E-state index contributed by atoms with van der Waals surface area (Å²) in [6.45, 7) is 4.15. The molecule has 5 rings (SSSR count). The fourth-order valence-electron chi connectivity index (χ4n) is 3.65. The van der Waals surface area contributed by atoms with Crippen molar-refractivity contribution in [3.05, 3.63) is 71.9 Å². The summed E-state index contributed by atoms with van der Waals surface area (Å²) in [4.78, 5) is 17.8. The quantitative estimate of drug-likeness (QED) is 0.293. The summed E-state index contributed by atoms with van der Waals surface area (Å²) in [5.74, 6) is 0.582. The molecule has 6 heteroatoms. The Bertz CT molecular complexity index is 1400. The van der Waals surface area contributed by atoms with Gasteiger partial charge in [0.05, 0.1) is 22.3 Å². The van der Waals surface area contributed by atoms with Crippen molar-refractivity contribution in [2.75, 3.05) is 5.32 Å². The largest absolute Gasteiger partial charge is 0.355 e. The predicted molar refractivity (Wildman–Crippen MR) is 128 cm³/mol. The van der Waals surface area contributed by atoms with Gasteiger partial charge in [0, 0.05) is 39.6 Å². The van der Waals surface area contributed by atoms with Crippen molar-refractivity contribution in [3.8, 4) is 11.3 Å². The molecule has 0 spiro atoms. The summed E-state index contributed by atoms with van der Waals surface area (Å²) in [6.07, 6.45) is 4.21. The highest BCUT2D eigenvalue weighted by atomic mass is 32.1. The van der Waals surface area contributed by atoms with E-state index in [1.807, 2.05) is 42.7 Å².